The Balaban J connectivity index is 0.00000169. The molecule has 0 spiro atoms. The summed E-state index contributed by atoms with van der Waals surface area (Å²) in [5.74, 6) is 0.168. The van der Waals surface area contributed by atoms with Gasteiger partial charge in [-0.3, -0.25) is 9.69 Å². The second kappa shape index (κ2) is 11.1. The van der Waals surface area contributed by atoms with Gasteiger partial charge in [-0.05, 0) is 44.6 Å². The number of benzene rings is 1. The van der Waals surface area contributed by atoms with E-state index in [-0.39, 0.29) is 30.7 Å². The lowest BCUT2D eigenvalue weighted by molar-refractivity contribution is 0.0698. The first kappa shape index (κ1) is 23.2. The van der Waals surface area contributed by atoms with E-state index in [2.05, 4.69) is 34.3 Å². The van der Waals surface area contributed by atoms with Gasteiger partial charge in [0.1, 0.15) is 0 Å². The highest BCUT2D eigenvalue weighted by Gasteiger charge is 2.23. The Hall–Kier alpha value is -0.850. The van der Waals surface area contributed by atoms with Crippen molar-refractivity contribution in [2.75, 3.05) is 53.4 Å². The Morgan fingerprint density at radius 1 is 1.08 bits per heavy atom. The second-order valence-corrected chi connectivity index (χ2v) is 7.16. The van der Waals surface area contributed by atoms with Crippen LogP contribution in [0.5, 0.6) is 0 Å². The quantitative estimate of drug-likeness (QED) is 0.836. The lowest BCUT2D eigenvalue weighted by atomic mass is 10.0. The number of hydrogen-bond acceptors (Lipinski definition) is 4. The van der Waals surface area contributed by atoms with Gasteiger partial charge in [0.2, 0.25) is 0 Å². The fourth-order valence-electron chi connectivity index (χ4n) is 3.60. The van der Waals surface area contributed by atoms with E-state index in [1.54, 1.807) is 0 Å². The van der Waals surface area contributed by atoms with Crippen molar-refractivity contribution in [1.82, 2.24) is 20.0 Å². The van der Waals surface area contributed by atoms with Crippen molar-refractivity contribution in [3.05, 3.63) is 35.4 Å². The molecule has 1 amide bonds. The molecule has 2 saturated heterocycles. The van der Waals surface area contributed by atoms with Crippen molar-refractivity contribution >= 4 is 30.7 Å². The number of amides is 1. The molecule has 26 heavy (non-hydrogen) atoms. The van der Waals surface area contributed by atoms with Crippen LogP contribution in [0, 0.1) is 0 Å². The summed E-state index contributed by atoms with van der Waals surface area (Å²) in [6, 6.07) is 8.66. The molecule has 5 nitrogen and oxygen atoms in total. The van der Waals surface area contributed by atoms with Gasteiger partial charge in [0.15, 0.2) is 0 Å². The Kier molecular flexibility index (Phi) is 9.90. The largest absolute Gasteiger partial charge is 0.337 e. The number of likely N-dealkylation sites (tertiary alicyclic amines) is 1. The van der Waals surface area contributed by atoms with Crippen LogP contribution in [0.25, 0.3) is 0 Å². The number of carbonyl (C=O) groups excluding carboxylic acids is 1. The lowest BCUT2D eigenvalue weighted by Gasteiger charge is -2.33. The standard InChI is InChI=1S/C19H30N4O.2ClH/c1-20-18-4-3-9-23(15-18)19(24)17-7-5-16(6-8-17)14-22-12-10-21(2)11-13-22;;/h5-8,18,20H,3-4,9-15H2,1-2H3;2*1H. The summed E-state index contributed by atoms with van der Waals surface area (Å²) in [5, 5.41) is 3.30. The van der Waals surface area contributed by atoms with Gasteiger partial charge in [0.25, 0.3) is 5.91 Å². The van der Waals surface area contributed by atoms with Gasteiger partial charge in [-0.15, -0.1) is 24.8 Å². The van der Waals surface area contributed by atoms with E-state index in [1.807, 2.05) is 24.1 Å². The van der Waals surface area contributed by atoms with Gasteiger partial charge in [0.05, 0.1) is 0 Å². The van der Waals surface area contributed by atoms with Gasteiger partial charge in [0, 0.05) is 57.4 Å². The highest BCUT2D eigenvalue weighted by atomic mass is 35.5. The van der Waals surface area contributed by atoms with E-state index in [1.165, 1.54) is 5.56 Å². The molecular weight excluding hydrogens is 371 g/mol. The summed E-state index contributed by atoms with van der Waals surface area (Å²) < 4.78 is 0. The first-order valence-corrected chi connectivity index (χ1v) is 9.12. The summed E-state index contributed by atoms with van der Waals surface area (Å²) in [6.45, 7) is 7.19. The number of likely N-dealkylation sites (N-methyl/N-ethyl adjacent to an activating group) is 2. The van der Waals surface area contributed by atoms with E-state index < -0.39 is 0 Å². The molecule has 148 valence electrons. The van der Waals surface area contributed by atoms with Gasteiger partial charge in [-0.1, -0.05) is 12.1 Å². The summed E-state index contributed by atoms with van der Waals surface area (Å²) >= 11 is 0. The molecule has 0 aromatic heterocycles. The van der Waals surface area contributed by atoms with Crippen molar-refractivity contribution < 1.29 is 4.79 Å². The summed E-state index contributed by atoms with van der Waals surface area (Å²) in [5.41, 5.74) is 2.11. The topological polar surface area (TPSA) is 38.8 Å². The van der Waals surface area contributed by atoms with Crippen molar-refractivity contribution in [2.45, 2.75) is 25.4 Å². The molecule has 0 radical (unpaired) electrons. The number of carbonyl (C=O) groups is 1. The number of nitrogens with zero attached hydrogens (tertiary/aromatic N) is 3. The molecule has 0 saturated carbocycles. The molecule has 1 unspecified atom stereocenters. The first-order chi connectivity index (χ1) is 11.7. The maximum atomic E-state index is 12.7. The number of halogens is 2. The van der Waals surface area contributed by atoms with Crippen LogP contribution in [-0.2, 0) is 6.54 Å². The predicted molar refractivity (Wildman–Crippen MR) is 112 cm³/mol. The monoisotopic (exact) mass is 402 g/mol. The average molecular weight is 403 g/mol. The fourth-order valence-corrected chi connectivity index (χ4v) is 3.60. The van der Waals surface area contributed by atoms with E-state index >= 15 is 0 Å². The lowest BCUT2D eigenvalue weighted by Crippen LogP contribution is -2.46. The maximum Gasteiger partial charge on any atom is 0.253 e. The van der Waals surface area contributed by atoms with E-state index in [4.69, 9.17) is 0 Å². The van der Waals surface area contributed by atoms with Gasteiger partial charge >= 0.3 is 0 Å². The average Bonchev–Trinajstić information content (AvgIpc) is 2.64. The Labute approximate surface area is 169 Å². The van der Waals surface area contributed by atoms with E-state index in [9.17, 15) is 4.79 Å². The summed E-state index contributed by atoms with van der Waals surface area (Å²) in [4.78, 5) is 19.5. The number of piperazine rings is 1. The molecule has 3 rings (SSSR count). The zero-order valence-corrected chi connectivity index (χ0v) is 17.5. The molecule has 0 aliphatic carbocycles. The summed E-state index contributed by atoms with van der Waals surface area (Å²) in [7, 11) is 4.16. The van der Waals surface area contributed by atoms with Crippen LogP contribution < -0.4 is 5.32 Å². The predicted octanol–water partition coefficient (Wildman–Crippen LogP) is 2.10. The first-order valence-electron chi connectivity index (χ1n) is 9.12. The van der Waals surface area contributed by atoms with E-state index in [0.29, 0.717) is 6.04 Å². The SMILES string of the molecule is CNC1CCCN(C(=O)c2ccc(CN3CCN(C)CC3)cc2)C1.Cl.Cl. The van der Waals surface area contributed by atoms with Gasteiger partial charge in [-0.25, -0.2) is 0 Å². The zero-order valence-electron chi connectivity index (χ0n) is 15.8. The van der Waals surface area contributed by atoms with Crippen molar-refractivity contribution in [1.29, 1.82) is 0 Å². The Morgan fingerprint density at radius 2 is 1.73 bits per heavy atom. The molecule has 7 heteroatoms. The third-order valence-electron chi connectivity index (χ3n) is 5.32. The normalized spacial score (nSPS) is 21.6. The molecule has 1 N–H and O–H groups in total. The molecule has 2 aliphatic heterocycles. The molecule has 1 atom stereocenters. The highest BCUT2D eigenvalue weighted by molar-refractivity contribution is 5.94. The Bertz CT molecular complexity index is 547. The van der Waals surface area contributed by atoms with Crippen molar-refractivity contribution in [2.24, 2.45) is 0 Å². The van der Waals surface area contributed by atoms with Crippen LogP contribution in [0.1, 0.15) is 28.8 Å². The van der Waals surface area contributed by atoms with Gasteiger partial charge in [-0.2, -0.15) is 0 Å². The second-order valence-electron chi connectivity index (χ2n) is 7.16. The van der Waals surface area contributed by atoms with E-state index in [0.717, 1.165) is 64.2 Å². The number of rotatable bonds is 4. The Morgan fingerprint density at radius 3 is 2.35 bits per heavy atom. The molecule has 2 aliphatic rings. The van der Waals surface area contributed by atoms with Crippen LogP contribution in [-0.4, -0.2) is 80.0 Å². The van der Waals surface area contributed by atoms with Crippen molar-refractivity contribution in [3.8, 4) is 0 Å². The number of piperidine rings is 1. The fraction of sp³-hybridized carbons (Fsp3) is 0.632. The maximum absolute atomic E-state index is 12.7. The molecule has 2 fully saturated rings. The van der Waals surface area contributed by atoms with Gasteiger partial charge < -0.3 is 15.1 Å². The molecule has 2 heterocycles. The highest BCUT2D eigenvalue weighted by Crippen LogP contribution is 2.15. The molecular formula is C19H32Cl2N4O. The summed E-state index contributed by atoms with van der Waals surface area (Å²) in [6.07, 6.45) is 2.24. The van der Waals surface area contributed by atoms with Crippen LogP contribution >= 0.6 is 24.8 Å². The number of nitrogens with one attached hydrogen (secondary N) is 1. The molecule has 1 aromatic carbocycles. The third kappa shape index (κ3) is 6.10. The number of hydrogen-bond donors (Lipinski definition) is 1. The van der Waals surface area contributed by atoms with Crippen molar-refractivity contribution in [3.63, 3.8) is 0 Å². The van der Waals surface area contributed by atoms with Crippen LogP contribution in [0.2, 0.25) is 0 Å². The molecule has 1 aromatic rings. The van der Waals surface area contributed by atoms with Crippen LogP contribution in [0.15, 0.2) is 24.3 Å². The minimum absolute atomic E-state index is 0. The minimum Gasteiger partial charge on any atom is -0.337 e. The van der Waals surface area contributed by atoms with Crippen LogP contribution in [0.3, 0.4) is 0 Å². The zero-order chi connectivity index (χ0) is 16.9. The smallest absolute Gasteiger partial charge is 0.253 e. The minimum atomic E-state index is 0. The third-order valence-corrected chi connectivity index (χ3v) is 5.32. The molecule has 0 bridgehead atoms. The van der Waals surface area contributed by atoms with Crippen LogP contribution in [0.4, 0.5) is 0 Å².